The molecule has 0 amide bonds. The minimum absolute atomic E-state index is 0.291. The van der Waals surface area contributed by atoms with E-state index >= 15 is 0 Å². The van der Waals surface area contributed by atoms with Gasteiger partial charge >= 0.3 is 24.3 Å². The van der Waals surface area contributed by atoms with E-state index in [0.29, 0.717) is 0 Å². The molecule has 0 radical (unpaired) electrons. The second-order valence-corrected chi connectivity index (χ2v) is 6.83. The molecular weight excluding hydrogens is 396 g/mol. The Morgan fingerprint density at radius 2 is 1.29 bits per heavy atom. The molecule has 0 atom stereocenters. The zero-order valence-corrected chi connectivity index (χ0v) is 15.6. The number of hydrogen-bond acceptors (Lipinski definition) is 3. The molecule has 11 heteroatoms. The number of carboxylic acid groups (broad SMARTS) is 2. The Balaban J connectivity index is 4.30. The quantitative estimate of drug-likeness (QED) is 0.620. The van der Waals surface area contributed by atoms with Crippen LogP contribution in [0.15, 0.2) is 22.5 Å². The zero-order chi connectivity index (χ0) is 22.2. The Bertz CT molecular complexity index is 668. The summed E-state index contributed by atoms with van der Waals surface area (Å²) in [5.74, 6) is -4.79. The zero-order valence-electron chi connectivity index (χ0n) is 15.6. The van der Waals surface area contributed by atoms with Gasteiger partial charge in [0, 0.05) is 12.0 Å². The molecule has 28 heavy (non-hydrogen) atoms. The van der Waals surface area contributed by atoms with Gasteiger partial charge in [-0.05, 0) is 25.7 Å². The van der Waals surface area contributed by atoms with E-state index in [1.807, 2.05) is 0 Å². The van der Waals surface area contributed by atoms with Gasteiger partial charge < -0.3 is 15.1 Å². The van der Waals surface area contributed by atoms with E-state index in [4.69, 9.17) is 0 Å². The topological polar surface area (TPSA) is 77.8 Å². The van der Waals surface area contributed by atoms with E-state index in [0.717, 1.165) is 6.92 Å². The van der Waals surface area contributed by atoms with Crippen molar-refractivity contribution in [3.05, 3.63) is 22.5 Å². The van der Waals surface area contributed by atoms with Crippen molar-refractivity contribution in [3.8, 4) is 0 Å². The summed E-state index contributed by atoms with van der Waals surface area (Å²) in [6.07, 6.45) is -12.0. The van der Waals surface area contributed by atoms with E-state index in [1.54, 1.807) is 0 Å². The second kappa shape index (κ2) is 7.67. The maximum Gasteiger partial charge on any atom is 0.432 e. The van der Waals surface area contributed by atoms with Gasteiger partial charge in [0.05, 0.1) is 11.1 Å². The fourth-order valence-corrected chi connectivity index (χ4v) is 3.88. The standard InChI is InChI=1S/C17H21F6NO4/c1-5-15(7-8(3)4)9(13(25)26)11(16(18,19)20)24(6-2)12(17(21,22)23)10(15)14(27)28/h8H,5-7H2,1-4H3,(H,25,26)(H,27,28). The first-order chi connectivity index (χ1) is 12.6. The highest BCUT2D eigenvalue weighted by molar-refractivity contribution is 5.98. The first-order valence-corrected chi connectivity index (χ1v) is 8.44. The Hall–Kier alpha value is -2.20. The molecule has 0 unspecified atom stereocenters. The average molecular weight is 417 g/mol. The van der Waals surface area contributed by atoms with E-state index in [9.17, 15) is 46.1 Å². The normalized spacial score (nSPS) is 18.2. The van der Waals surface area contributed by atoms with E-state index < -0.39 is 77.6 Å². The second-order valence-electron chi connectivity index (χ2n) is 6.83. The van der Waals surface area contributed by atoms with Crippen molar-refractivity contribution in [1.29, 1.82) is 0 Å². The molecule has 1 aliphatic rings. The minimum atomic E-state index is -5.44. The van der Waals surface area contributed by atoms with E-state index in [1.165, 1.54) is 20.8 Å². The molecule has 0 aromatic rings. The molecule has 0 spiro atoms. The average Bonchev–Trinajstić information content (AvgIpc) is 2.49. The lowest BCUT2D eigenvalue weighted by Gasteiger charge is -2.46. The van der Waals surface area contributed by atoms with Crippen molar-refractivity contribution in [2.24, 2.45) is 11.3 Å². The molecule has 0 bridgehead atoms. The molecule has 1 heterocycles. The van der Waals surface area contributed by atoms with Crippen LogP contribution in [0.2, 0.25) is 0 Å². The summed E-state index contributed by atoms with van der Waals surface area (Å²) in [4.78, 5) is 23.5. The van der Waals surface area contributed by atoms with E-state index in [-0.39, 0.29) is 4.90 Å². The number of aliphatic carboxylic acids is 2. The van der Waals surface area contributed by atoms with Gasteiger partial charge in [-0.1, -0.05) is 20.8 Å². The van der Waals surface area contributed by atoms with Gasteiger partial charge in [-0.3, -0.25) is 0 Å². The fraction of sp³-hybridized carbons (Fsp3) is 0.647. The molecule has 0 saturated carbocycles. The SMILES string of the molecule is CCN1C(C(F)(F)F)=C(C(=O)O)C(CC)(CC(C)C)C(C(=O)O)=C1C(F)(F)F. The maximum absolute atomic E-state index is 13.8. The predicted octanol–water partition coefficient (Wildman–Crippen LogP) is 4.57. The van der Waals surface area contributed by atoms with Crippen molar-refractivity contribution in [1.82, 2.24) is 4.90 Å². The maximum atomic E-state index is 13.8. The molecule has 5 nitrogen and oxygen atoms in total. The Labute approximate surface area is 157 Å². The van der Waals surface area contributed by atoms with Crippen LogP contribution in [0.3, 0.4) is 0 Å². The van der Waals surface area contributed by atoms with Crippen molar-refractivity contribution in [2.45, 2.75) is 52.9 Å². The largest absolute Gasteiger partial charge is 0.478 e. The molecule has 1 rings (SSSR count). The Morgan fingerprint density at radius 3 is 1.46 bits per heavy atom. The lowest BCUT2D eigenvalue weighted by Crippen LogP contribution is -2.50. The van der Waals surface area contributed by atoms with Gasteiger partial charge in [-0.15, -0.1) is 0 Å². The van der Waals surface area contributed by atoms with Crippen LogP contribution in [0.4, 0.5) is 26.3 Å². The smallest absolute Gasteiger partial charge is 0.432 e. The monoisotopic (exact) mass is 417 g/mol. The van der Waals surface area contributed by atoms with Crippen LogP contribution < -0.4 is 0 Å². The molecule has 2 N–H and O–H groups in total. The van der Waals surface area contributed by atoms with Crippen LogP contribution >= 0.6 is 0 Å². The molecular formula is C17H21F6NO4. The van der Waals surface area contributed by atoms with E-state index in [2.05, 4.69) is 0 Å². The summed E-state index contributed by atoms with van der Waals surface area (Å²) in [7, 11) is 0. The van der Waals surface area contributed by atoms with Gasteiger partial charge in [-0.2, -0.15) is 26.3 Å². The van der Waals surface area contributed by atoms with Gasteiger partial charge in [0.1, 0.15) is 11.4 Å². The van der Waals surface area contributed by atoms with Crippen LogP contribution in [0.1, 0.15) is 40.5 Å². The van der Waals surface area contributed by atoms with Gasteiger partial charge in [0.2, 0.25) is 0 Å². The lowest BCUT2D eigenvalue weighted by molar-refractivity contribution is -0.150. The summed E-state index contributed by atoms with van der Waals surface area (Å²) in [6.45, 7) is 4.14. The molecule has 1 aliphatic heterocycles. The number of hydrogen-bond donors (Lipinski definition) is 2. The highest BCUT2D eigenvalue weighted by atomic mass is 19.4. The third-order valence-electron chi connectivity index (χ3n) is 4.61. The molecule has 0 aliphatic carbocycles. The first kappa shape index (κ1) is 23.8. The Morgan fingerprint density at radius 1 is 0.929 bits per heavy atom. The van der Waals surface area contributed by atoms with Gasteiger partial charge in [0.25, 0.3) is 0 Å². The van der Waals surface area contributed by atoms with Gasteiger partial charge in [0.15, 0.2) is 0 Å². The molecule has 0 aromatic heterocycles. The number of halogens is 6. The lowest BCUT2D eigenvalue weighted by atomic mass is 9.63. The molecule has 0 fully saturated rings. The predicted molar refractivity (Wildman–Crippen MR) is 86.0 cm³/mol. The van der Waals surface area contributed by atoms with Gasteiger partial charge in [-0.25, -0.2) is 9.59 Å². The summed E-state index contributed by atoms with van der Waals surface area (Å²) < 4.78 is 82.8. The molecule has 0 saturated heterocycles. The van der Waals surface area contributed by atoms with Crippen molar-refractivity contribution in [2.75, 3.05) is 6.54 Å². The van der Waals surface area contributed by atoms with Crippen molar-refractivity contribution in [3.63, 3.8) is 0 Å². The first-order valence-electron chi connectivity index (χ1n) is 8.44. The third-order valence-corrected chi connectivity index (χ3v) is 4.61. The third kappa shape index (κ3) is 3.97. The van der Waals surface area contributed by atoms with Crippen LogP contribution in [-0.4, -0.2) is 45.9 Å². The van der Waals surface area contributed by atoms with Crippen LogP contribution in [0.25, 0.3) is 0 Å². The summed E-state index contributed by atoms with van der Waals surface area (Å²) >= 11 is 0. The number of nitrogens with zero attached hydrogens (tertiary/aromatic N) is 1. The number of carbonyl (C=O) groups is 2. The number of allylic oxidation sites excluding steroid dienone is 2. The molecule has 160 valence electrons. The van der Waals surface area contributed by atoms with Crippen LogP contribution in [0.5, 0.6) is 0 Å². The van der Waals surface area contributed by atoms with Crippen LogP contribution in [0, 0.1) is 11.3 Å². The Kier molecular flexibility index (Phi) is 6.53. The van der Waals surface area contributed by atoms with Crippen LogP contribution in [-0.2, 0) is 9.59 Å². The summed E-state index contributed by atoms with van der Waals surface area (Å²) in [5.41, 5.74) is -9.18. The fourth-order valence-electron chi connectivity index (χ4n) is 3.88. The summed E-state index contributed by atoms with van der Waals surface area (Å²) in [6, 6.07) is 0. The molecule has 0 aromatic carbocycles. The summed E-state index contributed by atoms with van der Waals surface area (Å²) in [5, 5.41) is 19.1. The number of carboxylic acids is 2. The number of alkyl halides is 6. The van der Waals surface area contributed by atoms with Crippen molar-refractivity contribution < 1.29 is 46.1 Å². The van der Waals surface area contributed by atoms with Crippen molar-refractivity contribution >= 4 is 11.9 Å². The number of rotatable bonds is 6. The minimum Gasteiger partial charge on any atom is -0.478 e. The highest BCUT2D eigenvalue weighted by Crippen LogP contribution is 2.56. The highest BCUT2D eigenvalue weighted by Gasteiger charge is 2.60.